The van der Waals surface area contributed by atoms with E-state index in [1.807, 2.05) is 25.1 Å². The average Bonchev–Trinajstić information content (AvgIpc) is 3.03. The number of fused-ring (bicyclic) bond motifs is 1. The van der Waals surface area contributed by atoms with Crippen LogP contribution >= 0.6 is 0 Å². The van der Waals surface area contributed by atoms with Gasteiger partial charge in [-0.15, -0.1) is 0 Å². The van der Waals surface area contributed by atoms with E-state index in [0.29, 0.717) is 30.8 Å². The summed E-state index contributed by atoms with van der Waals surface area (Å²) in [4.78, 5) is 26.0. The van der Waals surface area contributed by atoms with Crippen LogP contribution in [0.3, 0.4) is 0 Å². The minimum Gasteiger partial charge on any atom is -0.490 e. The fourth-order valence-electron chi connectivity index (χ4n) is 2.55. The first kappa shape index (κ1) is 19.2. The molecule has 0 radical (unpaired) electrons. The number of pyridine rings is 1. The second-order valence-electron chi connectivity index (χ2n) is 5.81. The van der Waals surface area contributed by atoms with Crippen molar-refractivity contribution in [3.63, 3.8) is 0 Å². The number of carboxylic acid groups (broad SMARTS) is 1. The molecule has 1 atom stereocenters. The van der Waals surface area contributed by atoms with Crippen molar-refractivity contribution in [3.05, 3.63) is 53.7 Å². The summed E-state index contributed by atoms with van der Waals surface area (Å²) in [5, 5.41) is 11.4. The molecule has 1 aliphatic rings. The monoisotopic (exact) mass is 357 g/mol. The second kappa shape index (κ2) is 9.41. The van der Waals surface area contributed by atoms with E-state index in [4.69, 9.17) is 15.6 Å². The van der Waals surface area contributed by atoms with E-state index in [0.717, 1.165) is 11.3 Å². The minimum absolute atomic E-state index is 0.0979. The highest BCUT2D eigenvalue weighted by atomic mass is 16.5. The third-order valence-corrected chi connectivity index (χ3v) is 3.77. The number of anilines is 1. The van der Waals surface area contributed by atoms with Gasteiger partial charge in [-0.2, -0.15) is 0 Å². The number of nitrogen functional groups attached to an aromatic ring is 1. The Labute approximate surface area is 152 Å². The molecule has 3 rings (SSSR count). The lowest BCUT2D eigenvalue weighted by Crippen LogP contribution is -2.22. The van der Waals surface area contributed by atoms with Gasteiger partial charge in [0, 0.05) is 31.1 Å². The molecule has 1 aromatic heterocycles. The number of ether oxygens (including phenoxy) is 1. The number of benzene rings is 1. The topological polar surface area (TPSA) is 115 Å². The van der Waals surface area contributed by atoms with Gasteiger partial charge in [0.1, 0.15) is 17.7 Å². The molecule has 2 aromatic rings. The van der Waals surface area contributed by atoms with E-state index in [1.165, 1.54) is 0 Å². The van der Waals surface area contributed by atoms with Crippen LogP contribution in [-0.2, 0) is 11.2 Å². The number of rotatable bonds is 5. The van der Waals surface area contributed by atoms with Crippen molar-refractivity contribution in [1.82, 2.24) is 10.3 Å². The summed E-state index contributed by atoms with van der Waals surface area (Å²) in [5.74, 6) is 0.410. The fourth-order valence-corrected chi connectivity index (χ4v) is 2.55. The van der Waals surface area contributed by atoms with Crippen molar-refractivity contribution >= 4 is 17.7 Å². The number of hydrogen-bond donors (Lipinski definition) is 3. The number of nitrogens with one attached hydrogen (secondary N) is 1. The molecule has 4 N–H and O–H groups in total. The summed E-state index contributed by atoms with van der Waals surface area (Å²) in [6.07, 6.45) is 2.81. The van der Waals surface area contributed by atoms with E-state index in [1.54, 1.807) is 24.4 Å². The number of amides is 1. The molecule has 0 bridgehead atoms. The average molecular weight is 357 g/mol. The smallest absolute Gasteiger partial charge is 0.303 e. The Balaban J connectivity index is 0.000000290. The predicted molar refractivity (Wildman–Crippen MR) is 98.1 cm³/mol. The van der Waals surface area contributed by atoms with Gasteiger partial charge in [-0.25, -0.2) is 4.98 Å². The van der Waals surface area contributed by atoms with Crippen LogP contribution in [0.25, 0.3) is 0 Å². The summed E-state index contributed by atoms with van der Waals surface area (Å²) in [6, 6.07) is 10.8. The number of carbonyl (C=O) groups is 2. The number of nitrogens with two attached hydrogens (primary N) is 1. The Hall–Kier alpha value is -3.09. The molecule has 0 saturated carbocycles. The molecule has 7 nitrogen and oxygen atoms in total. The van der Waals surface area contributed by atoms with Gasteiger partial charge in [-0.3, -0.25) is 9.59 Å². The SMILES string of the molecule is CCNC(=O)c1ccc2c(c1)CC(CCC(=O)O)O2.Nc1ccccn1. The molecule has 138 valence electrons. The van der Waals surface area contributed by atoms with E-state index < -0.39 is 5.97 Å². The van der Waals surface area contributed by atoms with E-state index >= 15 is 0 Å². The second-order valence-corrected chi connectivity index (χ2v) is 5.81. The molecule has 1 aromatic carbocycles. The van der Waals surface area contributed by atoms with Gasteiger partial charge < -0.3 is 20.9 Å². The van der Waals surface area contributed by atoms with Gasteiger partial charge in [0.05, 0.1) is 0 Å². The summed E-state index contributed by atoms with van der Waals surface area (Å²) in [7, 11) is 0. The molecule has 0 spiro atoms. The number of nitrogens with zero attached hydrogens (tertiary/aromatic N) is 1. The molecular weight excluding hydrogens is 334 g/mol. The van der Waals surface area contributed by atoms with Crippen LogP contribution in [0.1, 0.15) is 35.7 Å². The van der Waals surface area contributed by atoms with Gasteiger partial charge in [0.2, 0.25) is 0 Å². The summed E-state index contributed by atoms with van der Waals surface area (Å²) in [6.45, 7) is 2.46. The number of carboxylic acids is 1. The Morgan fingerprint density at radius 2 is 2.15 bits per heavy atom. The molecule has 7 heteroatoms. The first-order valence-corrected chi connectivity index (χ1v) is 8.45. The molecule has 2 heterocycles. The Morgan fingerprint density at radius 3 is 2.73 bits per heavy atom. The van der Waals surface area contributed by atoms with Gasteiger partial charge in [0.25, 0.3) is 5.91 Å². The lowest BCUT2D eigenvalue weighted by molar-refractivity contribution is -0.137. The largest absolute Gasteiger partial charge is 0.490 e. The summed E-state index contributed by atoms with van der Waals surface area (Å²) < 4.78 is 5.66. The van der Waals surface area contributed by atoms with Gasteiger partial charge in [-0.1, -0.05) is 6.07 Å². The number of aliphatic carboxylic acids is 1. The summed E-state index contributed by atoms with van der Waals surface area (Å²) in [5.41, 5.74) is 6.83. The summed E-state index contributed by atoms with van der Waals surface area (Å²) >= 11 is 0. The number of aromatic nitrogens is 1. The molecule has 0 fully saturated rings. The van der Waals surface area contributed by atoms with Gasteiger partial charge >= 0.3 is 5.97 Å². The molecule has 0 saturated heterocycles. The van der Waals surface area contributed by atoms with Crippen molar-refractivity contribution in [2.45, 2.75) is 32.3 Å². The van der Waals surface area contributed by atoms with E-state index in [2.05, 4.69) is 10.3 Å². The van der Waals surface area contributed by atoms with E-state index in [9.17, 15) is 9.59 Å². The molecule has 1 amide bonds. The zero-order valence-corrected chi connectivity index (χ0v) is 14.6. The number of hydrogen-bond acceptors (Lipinski definition) is 5. The maximum absolute atomic E-state index is 11.7. The van der Waals surface area contributed by atoms with Crippen LogP contribution in [0.4, 0.5) is 5.82 Å². The highest BCUT2D eigenvalue weighted by Gasteiger charge is 2.24. The first-order chi connectivity index (χ1) is 12.5. The van der Waals surface area contributed by atoms with Crippen molar-refractivity contribution < 1.29 is 19.4 Å². The van der Waals surface area contributed by atoms with Crippen molar-refractivity contribution in [3.8, 4) is 5.75 Å². The lowest BCUT2D eigenvalue weighted by atomic mass is 10.0. The van der Waals surface area contributed by atoms with Gasteiger partial charge in [-0.05, 0) is 49.2 Å². The van der Waals surface area contributed by atoms with Crippen LogP contribution in [0.5, 0.6) is 5.75 Å². The van der Waals surface area contributed by atoms with Crippen LogP contribution in [0.2, 0.25) is 0 Å². The van der Waals surface area contributed by atoms with Crippen molar-refractivity contribution in [2.75, 3.05) is 12.3 Å². The molecule has 1 unspecified atom stereocenters. The Kier molecular flexibility index (Phi) is 6.96. The molecule has 0 aliphatic carbocycles. The normalized spacial score (nSPS) is 14.4. The Bertz CT molecular complexity index is 750. The standard InChI is InChI=1S/C14H17NO4.C5H6N2/c1-2-15-14(18)9-3-5-12-10(7-9)8-11(19-12)4-6-13(16)17;6-5-3-1-2-4-7-5/h3,5,7,11H,2,4,6,8H2,1H3,(H,15,18)(H,16,17);1-4H,(H2,6,7). The highest BCUT2D eigenvalue weighted by Crippen LogP contribution is 2.31. The minimum atomic E-state index is -0.817. The Morgan fingerprint density at radius 1 is 1.35 bits per heavy atom. The van der Waals surface area contributed by atoms with Crippen LogP contribution in [-0.4, -0.2) is 34.6 Å². The lowest BCUT2D eigenvalue weighted by Gasteiger charge is -2.08. The number of carbonyl (C=O) groups excluding carboxylic acids is 1. The third kappa shape index (κ3) is 5.77. The maximum Gasteiger partial charge on any atom is 0.303 e. The third-order valence-electron chi connectivity index (χ3n) is 3.77. The van der Waals surface area contributed by atoms with Crippen LogP contribution in [0.15, 0.2) is 42.6 Å². The molecule has 26 heavy (non-hydrogen) atoms. The van der Waals surface area contributed by atoms with Crippen LogP contribution < -0.4 is 15.8 Å². The van der Waals surface area contributed by atoms with Crippen molar-refractivity contribution in [1.29, 1.82) is 0 Å². The zero-order valence-electron chi connectivity index (χ0n) is 14.6. The maximum atomic E-state index is 11.7. The predicted octanol–water partition coefficient (Wildman–Crippen LogP) is 2.27. The van der Waals surface area contributed by atoms with E-state index in [-0.39, 0.29) is 18.4 Å². The van der Waals surface area contributed by atoms with Crippen LogP contribution in [0, 0.1) is 0 Å². The van der Waals surface area contributed by atoms with Gasteiger partial charge in [0.15, 0.2) is 0 Å². The fraction of sp³-hybridized carbons (Fsp3) is 0.316. The quantitative estimate of drug-likeness (QED) is 0.756. The molecular formula is C19H23N3O4. The molecule has 1 aliphatic heterocycles. The first-order valence-electron chi connectivity index (χ1n) is 8.45. The highest BCUT2D eigenvalue weighted by molar-refractivity contribution is 5.94. The van der Waals surface area contributed by atoms with Crippen molar-refractivity contribution in [2.24, 2.45) is 0 Å². The zero-order chi connectivity index (χ0) is 18.9.